The Morgan fingerprint density at radius 2 is 1.85 bits per heavy atom. The van der Waals surface area contributed by atoms with E-state index in [-0.39, 0.29) is 23.5 Å². The van der Waals surface area contributed by atoms with Gasteiger partial charge in [-0.05, 0) is 30.6 Å². The molecule has 1 amide bonds. The smallest absolute Gasteiger partial charge is 0.330 e. The molecule has 0 bridgehead atoms. The van der Waals surface area contributed by atoms with Crippen molar-refractivity contribution in [3.63, 3.8) is 0 Å². The van der Waals surface area contributed by atoms with E-state index in [4.69, 9.17) is 10.2 Å². The fraction of sp³-hybridized carbons (Fsp3) is 0.714. The van der Waals surface area contributed by atoms with E-state index in [9.17, 15) is 9.59 Å². The van der Waals surface area contributed by atoms with Crippen molar-refractivity contribution in [1.82, 2.24) is 0 Å². The van der Waals surface area contributed by atoms with Gasteiger partial charge in [-0.15, -0.1) is 0 Å². The Labute approximate surface area is 122 Å². The largest absolute Gasteiger partial charge is 0.466 e. The van der Waals surface area contributed by atoms with Crippen LogP contribution < -0.4 is 5.73 Å². The lowest BCUT2D eigenvalue weighted by atomic mass is 10.2. The first-order chi connectivity index (χ1) is 8.99. The van der Waals surface area contributed by atoms with Gasteiger partial charge in [0.05, 0.1) is 13.2 Å². The Morgan fingerprint density at radius 1 is 1.30 bits per heavy atom. The van der Waals surface area contributed by atoms with Gasteiger partial charge in [0.25, 0.3) is 0 Å². The van der Waals surface area contributed by atoms with Gasteiger partial charge in [0.2, 0.25) is 5.91 Å². The molecule has 0 radical (unpaired) electrons. The highest BCUT2D eigenvalue weighted by Gasteiger charge is 2.38. The van der Waals surface area contributed by atoms with E-state index in [1.165, 1.54) is 13.2 Å². The van der Waals surface area contributed by atoms with Crippen LogP contribution in [0, 0.1) is 0 Å². The molecule has 0 unspecified atom stereocenters. The molecule has 0 fully saturated rings. The zero-order chi connectivity index (χ0) is 16.0. The number of hydrogen-bond donors (Lipinski definition) is 1. The summed E-state index contributed by atoms with van der Waals surface area (Å²) in [4.78, 5) is 22.1. The average Bonchev–Trinajstić information content (AvgIpc) is 2.30. The molecular formula is C14H27NO4Si. The Bertz CT molecular complexity index is 372. The van der Waals surface area contributed by atoms with Gasteiger partial charge in [-0.25, -0.2) is 4.79 Å². The van der Waals surface area contributed by atoms with Crippen LogP contribution in [-0.4, -0.2) is 33.4 Å². The van der Waals surface area contributed by atoms with Gasteiger partial charge < -0.3 is 14.9 Å². The Kier molecular flexibility index (Phi) is 7.16. The van der Waals surface area contributed by atoms with Gasteiger partial charge in [0.15, 0.2) is 8.32 Å². The maximum atomic E-state index is 11.2. The molecule has 5 nitrogen and oxygen atoms in total. The minimum Gasteiger partial charge on any atom is -0.466 e. The number of nitrogens with two attached hydrogens (primary N) is 1. The summed E-state index contributed by atoms with van der Waals surface area (Å²) in [6, 6.07) is 0. The summed E-state index contributed by atoms with van der Waals surface area (Å²) in [6.45, 7) is 10.6. The number of rotatable bonds is 7. The summed E-state index contributed by atoms with van der Waals surface area (Å²) >= 11 is 0. The van der Waals surface area contributed by atoms with Crippen molar-refractivity contribution in [3.05, 3.63) is 12.2 Å². The number of carbonyl (C=O) groups is 2. The molecule has 0 rings (SSSR count). The summed E-state index contributed by atoms with van der Waals surface area (Å²) in [6.07, 6.45) is 3.37. The van der Waals surface area contributed by atoms with E-state index >= 15 is 0 Å². The molecule has 116 valence electrons. The predicted octanol–water partition coefficient (Wildman–Crippen LogP) is 2.37. The third kappa shape index (κ3) is 6.86. The highest BCUT2D eigenvalue weighted by molar-refractivity contribution is 6.74. The van der Waals surface area contributed by atoms with E-state index in [0.29, 0.717) is 6.42 Å². The van der Waals surface area contributed by atoms with Crippen LogP contribution in [0.3, 0.4) is 0 Å². The Balaban J connectivity index is 4.89. The number of hydrogen-bond acceptors (Lipinski definition) is 4. The van der Waals surface area contributed by atoms with Gasteiger partial charge >= 0.3 is 5.97 Å². The lowest BCUT2D eigenvalue weighted by molar-refractivity contribution is -0.134. The minimum absolute atomic E-state index is 0.0527. The number of ether oxygens (including phenoxy) is 1. The quantitative estimate of drug-likeness (QED) is 0.445. The maximum Gasteiger partial charge on any atom is 0.330 e. The molecular weight excluding hydrogens is 274 g/mol. The molecule has 0 aromatic carbocycles. The maximum absolute atomic E-state index is 11.2. The van der Waals surface area contributed by atoms with Crippen molar-refractivity contribution in [2.24, 2.45) is 5.73 Å². The van der Waals surface area contributed by atoms with Gasteiger partial charge in [-0.3, -0.25) is 4.79 Å². The molecule has 0 saturated carbocycles. The van der Waals surface area contributed by atoms with Gasteiger partial charge in [0, 0.05) is 12.5 Å². The third-order valence-electron chi connectivity index (χ3n) is 3.58. The van der Waals surface area contributed by atoms with E-state index in [1.807, 2.05) is 0 Å². The van der Waals surface area contributed by atoms with Gasteiger partial charge in [-0.1, -0.05) is 20.8 Å². The van der Waals surface area contributed by atoms with Crippen molar-refractivity contribution >= 4 is 20.2 Å². The van der Waals surface area contributed by atoms with Crippen LogP contribution in [0.2, 0.25) is 18.1 Å². The average molecular weight is 301 g/mol. The van der Waals surface area contributed by atoms with Crippen LogP contribution in [0.15, 0.2) is 12.2 Å². The van der Waals surface area contributed by atoms with Crippen molar-refractivity contribution < 1.29 is 18.8 Å². The van der Waals surface area contributed by atoms with E-state index in [2.05, 4.69) is 38.6 Å². The number of primary amides is 1. The molecule has 20 heavy (non-hydrogen) atoms. The van der Waals surface area contributed by atoms with Crippen LogP contribution in [0.4, 0.5) is 0 Å². The van der Waals surface area contributed by atoms with E-state index in [1.54, 1.807) is 6.08 Å². The molecule has 0 aliphatic heterocycles. The van der Waals surface area contributed by atoms with Crippen molar-refractivity contribution in [1.29, 1.82) is 0 Å². The SMILES string of the molecule is COC(=O)/C=C\[C@H](CCC(N)=O)O[Si](C)(C)C(C)(C)C. The normalized spacial score (nSPS) is 14.3. The summed E-state index contributed by atoms with van der Waals surface area (Å²) in [7, 11) is -0.658. The molecule has 0 aliphatic rings. The summed E-state index contributed by atoms with van der Waals surface area (Å²) in [5, 5.41) is 0.0527. The predicted molar refractivity (Wildman–Crippen MR) is 81.7 cm³/mol. The van der Waals surface area contributed by atoms with E-state index < -0.39 is 14.3 Å². The summed E-state index contributed by atoms with van der Waals surface area (Å²) in [5.74, 6) is -0.812. The first-order valence-electron chi connectivity index (χ1n) is 6.72. The first kappa shape index (κ1) is 18.9. The molecule has 6 heteroatoms. The molecule has 0 spiro atoms. The molecule has 0 heterocycles. The standard InChI is InChI=1S/C14H27NO4Si/c1-14(2,3)20(5,6)19-11(7-9-12(15)16)8-10-13(17)18-4/h8,10-11H,7,9H2,1-6H3,(H2,15,16)/b10-8-/t11-/m0/s1. The van der Waals surface area contributed by atoms with Crippen LogP contribution >= 0.6 is 0 Å². The second kappa shape index (κ2) is 7.59. The number of esters is 1. The Hall–Kier alpha value is -1.14. The number of methoxy groups -OCH3 is 1. The number of amides is 1. The van der Waals surface area contributed by atoms with Crippen LogP contribution in [0.25, 0.3) is 0 Å². The molecule has 1 atom stereocenters. The van der Waals surface area contributed by atoms with Crippen LogP contribution in [0.5, 0.6) is 0 Å². The highest BCUT2D eigenvalue weighted by atomic mass is 28.4. The van der Waals surface area contributed by atoms with Crippen LogP contribution in [-0.2, 0) is 18.8 Å². The van der Waals surface area contributed by atoms with Crippen molar-refractivity contribution in [3.8, 4) is 0 Å². The fourth-order valence-corrected chi connectivity index (χ4v) is 2.59. The third-order valence-corrected chi connectivity index (χ3v) is 8.08. The molecule has 0 aliphatic carbocycles. The Morgan fingerprint density at radius 3 is 2.25 bits per heavy atom. The number of carbonyl (C=O) groups excluding carboxylic acids is 2. The monoisotopic (exact) mass is 301 g/mol. The molecule has 0 aromatic rings. The topological polar surface area (TPSA) is 78.6 Å². The zero-order valence-corrected chi connectivity index (χ0v) is 14.4. The lowest BCUT2D eigenvalue weighted by Crippen LogP contribution is -2.43. The van der Waals surface area contributed by atoms with Crippen molar-refractivity contribution in [2.45, 2.75) is 57.8 Å². The molecule has 0 aromatic heterocycles. The molecule has 0 saturated heterocycles. The first-order valence-corrected chi connectivity index (χ1v) is 9.62. The van der Waals surface area contributed by atoms with E-state index in [0.717, 1.165) is 0 Å². The van der Waals surface area contributed by atoms with Crippen molar-refractivity contribution in [2.75, 3.05) is 7.11 Å². The van der Waals surface area contributed by atoms with Crippen LogP contribution in [0.1, 0.15) is 33.6 Å². The zero-order valence-electron chi connectivity index (χ0n) is 13.4. The second-order valence-corrected chi connectivity index (χ2v) is 11.1. The highest BCUT2D eigenvalue weighted by Crippen LogP contribution is 2.37. The molecule has 2 N–H and O–H groups in total. The van der Waals surface area contributed by atoms with Gasteiger partial charge in [0.1, 0.15) is 0 Å². The lowest BCUT2D eigenvalue weighted by Gasteiger charge is -2.38. The summed E-state index contributed by atoms with van der Waals surface area (Å²) in [5.41, 5.74) is 5.17. The second-order valence-electron chi connectivity index (χ2n) is 6.30. The minimum atomic E-state index is -1.98. The van der Waals surface area contributed by atoms with Gasteiger partial charge in [-0.2, -0.15) is 0 Å². The summed E-state index contributed by atoms with van der Waals surface area (Å²) < 4.78 is 10.7. The fourth-order valence-electron chi connectivity index (χ4n) is 1.29.